The molecule has 102 valence electrons. The number of nitrogen functional groups attached to an aromatic ring is 1. The van der Waals surface area contributed by atoms with E-state index in [4.69, 9.17) is 5.73 Å². The van der Waals surface area contributed by atoms with E-state index in [9.17, 15) is 0 Å². The lowest BCUT2D eigenvalue weighted by Gasteiger charge is -2.07. The lowest BCUT2D eigenvalue weighted by atomic mass is 10.2. The van der Waals surface area contributed by atoms with Gasteiger partial charge in [-0.25, -0.2) is 0 Å². The minimum Gasteiger partial charge on any atom is -0.398 e. The maximum absolute atomic E-state index is 5.86. The number of thiophene rings is 1. The lowest BCUT2D eigenvalue weighted by Crippen LogP contribution is -2.00. The van der Waals surface area contributed by atoms with Gasteiger partial charge in [0.2, 0.25) is 0 Å². The van der Waals surface area contributed by atoms with Crippen molar-refractivity contribution in [2.75, 3.05) is 11.1 Å². The fourth-order valence-corrected chi connectivity index (χ4v) is 2.70. The Morgan fingerprint density at radius 1 is 1.25 bits per heavy atom. The minimum atomic E-state index is 0.743. The third kappa shape index (κ3) is 2.50. The van der Waals surface area contributed by atoms with Crippen molar-refractivity contribution in [2.45, 2.75) is 6.54 Å². The summed E-state index contributed by atoms with van der Waals surface area (Å²) >= 11 is 1.66. The molecule has 0 atom stereocenters. The molecule has 6 heteroatoms. The third-order valence-electron chi connectivity index (χ3n) is 3.09. The van der Waals surface area contributed by atoms with Gasteiger partial charge in [-0.2, -0.15) is 0 Å². The molecule has 0 radical (unpaired) electrons. The van der Waals surface area contributed by atoms with Crippen LogP contribution in [0.1, 0.15) is 4.88 Å². The van der Waals surface area contributed by atoms with Crippen LogP contribution in [0.5, 0.6) is 0 Å². The molecule has 3 aromatic rings. The molecule has 0 saturated heterocycles. The van der Waals surface area contributed by atoms with Crippen molar-refractivity contribution in [3.8, 4) is 11.4 Å². The molecule has 0 aliphatic heterocycles. The fourth-order valence-electron chi connectivity index (χ4n) is 1.96. The minimum absolute atomic E-state index is 0.743. The van der Waals surface area contributed by atoms with Crippen molar-refractivity contribution in [2.24, 2.45) is 7.05 Å². The summed E-state index contributed by atoms with van der Waals surface area (Å²) in [7, 11) is 1.93. The molecule has 0 spiro atoms. The Hall–Kier alpha value is -2.34. The Labute approximate surface area is 121 Å². The van der Waals surface area contributed by atoms with E-state index in [1.54, 1.807) is 17.7 Å². The van der Waals surface area contributed by atoms with Crippen molar-refractivity contribution < 1.29 is 0 Å². The van der Waals surface area contributed by atoms with Crippen LogP contribution in [0.2, 0.25) is 0 Å². The summed E-state index contributed by atoms with van der Waals surface area (Å²) in [4.78, 5) is 1.15. The first-order chi connectivity index (χ1) is 9.74. The Bertz CT molecular complexity index is 698. The summed E-state index contributed by atoms with van der Waals surface area (Å²) in [6.45, 7) is 0.743. The predicted molar refractivity (Wildman–Crippen MR) is 82.5 cm³/mol. The first kappa shape index (κ1) is 12.7. The number of benzene rings is 1. The number of nitrogens with one attached hydrogen (secondary N) is 1. The van der Waals surface area contributed by atoms with E-state index >= 15 is 0 Å². The summed E-state index contributed by atoms with van der Waals surface area (Å²) in [5.74, 6) is 0.860. The van der Waals surface area contributed by atoms with Crippen LogP contribution < -0.4 is 11.1 Å². The van der Waals surface area contributed by atoms with Crippen LogP contribution in [0.4, 0.5) is 11.4 Å². The number of hydrogen-bond acceptors (Lipinski definition) is 5. The highest BCUT2D eigenvalue weighted by Crippen LogP contribution is 2.22. The summed E-state index contributed by atoms with van der Waals surface area (Å²) < 4.78 is 1.90. The predicted octanol–water partition coefficient (Wildman–Crippen LogP) is 2.74. The molecular formula is C14H15N5S. The van der Waals surface area contributed by atoms with Gasteiger partial charge in [-0.15, -0.1) is 21.5 Å². The average Bonchev–Trinajstić information content (AvgIpc) is 3.06. The van der Waals surface area contributed by atoms with Crippen LogP contribution in [0.3, 0.4) is 0 Å². The molecule has 0 bridgehead atoms. The molecule has 0 aliphatic carbocycles. The number of nitrogens with zero attached hydrogens (tertiary/aromatic N) is 3. The third-order valence-corrected chi connectivity index (χ3v) is 4.02. The number of aryl methyl sites for hydroxylation is 1. The molecule has 20 heavy (non-hydrogen) atoms. The zero-order valence-corrected chi connectivity index (χ0v) is 11.9. The first-order valence-electron chi connectivity index (χ1n) is 6.24. The lowest BCUT2D eigenvalue weighted by molar-refractivity contribution is 0.920. The van der Waals surface area contributed by atoms with Crippen LogP contribution >= 0.6 is 11.3 Å². The highest BCUT2D eigenvalue weighted by Gasteiger charge is 2.04. The molecule has 0 fully saturated rings. The van der Waals surface area contributed by atoms with E-state index in [1.165, 1.54) is 0 Å². The van der Waals surface area contributed by atoms with Gasteiger partial charge in [-0.3, -0.25) is 0 Å². The van der Waals surface area contributed by atoms with Gasteiger partial charge in [-0.1, -0.05) is 0 Å². The summed E-state index contributed by atoms with van der Waals surface area (Å²) in [6, 6.07) is 10.1. The molecular weight excluding hydrogens is 270 g/mol. The number of hydrogen-bond donors (Lipinski definition) is 2. The molecule has 0 saturated carbocycles. The van der Waals surface area contributed by atoms with Crippen LogP contribution in [0, 0.1) is 0 Å². The Morgan fingerprint density at radius 3 is 2.65 bits per heavy atom. The van der Waals surface area contributed by atoms with E-state index in [-0.39, 0.29) is 0 Å². The van der Waals surface area contributed by atoms with E-state index < -0.39 is 0 Å². The van der Waals surface area contributed by atoms with Crippen molar-refractivity contribution in [3.63, 3.8) is 0 Å². The molecule has 0 unspecified atom stereocenters. The van der Waals surface area contributed by atoms with Gasteiger partial charge in [0.05, 0.1) is 6.54 Å². The van der Waals surface area contributed by atoms with Crippen molar-refractivity contribution in [1.82, 2.24) is 14.8 Å². The fraction of sp³-hybridized carbons (Fsp3) is 0.143. The van der Waals surface area contributed by atoms with Crippen LogP contribution in [-0.4, -0.2) is 14.8 Å². The molecule has 2 heterocycles. The molecule has 3 N–H and O–H groups in total. The van der Waals surface area contributed by atoms with Crippen molar-refractivity contribution >= 4 is 22.7 Å². The van der Waals surface area contributed by atoms with E-state index in [1.807, 2.05) is 47.3 Å². The Balaban J connectivity index is 1.71. The maximum atomic E-state index is 5.86. The molecule has 5 nitrogen and oxygen atoms in total. The molecule has 1 aromatic carbocycles. The van der Waals surface area contributed by atoms with Crippen LogP contribution in [0.15, 0.2) is 42.0 Å². The Kier molecular flexibility index (Phi) is 3.39. The second-order valence-corrected chi connectivity index (χ2v) is 5.50. The van der Waals surface area contributed by atoms with Gasteiger partial charge >= 0.3 is 0 Å². The number of rotatable bonds is 4. The summed E-state index contributed by atoms with van der Waals surface area (Å²) in [5, 5.41) is 13.3. The second kappa shape index (κ2) is 5.34. The summed E-state index contributed by atoms with van der Waals surface area (Å²) in [6.07, 6.45) is 1.70. The van der Waals surface area contributed by atoms with E-state index in [0.29, 0.717) is 0 Å². The van der Waals surface area contributed by atoms with Crippen LogP contribution in [-0.2, 0) is 13.6 Å². The zero-order valence-electron chi connectivity index (χ0n) is 11.1. The van der Waals surface area contributed by atoms with Gasteiger partial charge in [-0.05, 0) is 35.7 Å². The highest BCUT2D eigenvalue weighted by atomic mass is 32.1. The first-order valence-corrected chi connectivity index (χ1v) is 7.12. The van der Waals surface area contributed by atoms with Gasteiger partial charge in [0.25, 0.3) is 0 Å². The van der Waals surface area contributed by atoms with Crippen LogP contribution in [0.25, 0.3) is 11.4 Å². The molecule has 0 amide bonds. The summed E-state index contributed by atoms with van der Waals surface area (Å²) in [5.41, 5.74) is 8.81. The smallest absolute Gasteiger partial charge is 0.163 e. The van der Waals surface area contributed by atoms with Gasteiger partial charge in [0.15, 0.2) is 5.82 Å². The molecule has 0 aliphatic rings. The molecule has 3 rings (SSSR count). The SMILES string of the molecule is Cn1cnnc1-c1ccc(NCc2sccc2N)cc1. The highest BCUT2D eigenvalue weighted by molar-refractivity contribution is 7.10. The number of aromatic nitrogens is 3. The van der Waals surface area contributed by atoms with Crippen molar-refractivity contribution in [1.29, 1.82) is 0 Å². The number of anilines is 2. The monoisotopic (exact) mass is 285 g/mol. The standard InChI is InChI=1S/C14H15N5S/c1-19-9-17-18-14(19)10-2-4-11(5-3-10)16-8-13-12(15)6-7-20-13/h2-7,9,16H,8,15H2,1H3. The Morgan fingerprint density at radius 2 is 2.05 bits per heavy atom. The van der Waals surface area contributed by atoms with Gasteiger partial charge in [0.1, 0.15) is 6.33 Å². The van der Waals surface area contributed by atoms with E-state index in [2.05, 4.69) is 15.5 Å². The molecule has 2 aromatic heterocycles. The van der Waals surface area contributed by atoms with E-state index in [0.717, 1.165) is 34.2 Å². The largest absolute Gasteiger partial charge is 0.398 e. The normalized spacial score (nSPS) is 10.7. The van der Waals surface area contributed by atoms with Crippen molar-refractivity contribution in [3.05, 3.63) is 46.9 Å². The average molecular weight is 285 g/mol. The topological polar surface area (TPSA) is 68.8 Å². The second-order valence-electron chi connectivity index (χ2n) is 4.50. The van der Waals surface area contributed by atoms with Gasteiger partial charge in [0, 0.05) is 28.9 Å². The zero-order chi connectivity index (χ0) is 13.9. The maximum Gasteiger partial charge on any atom is 0.163 e. The number of nitrogens with two attached hydrogens (primary N) is 1. The van der Waals surface area contributed by atoms with Gasteiger partial charge < -0.3 is 15.6 Å². The quantitative estimate of drug-likeness (QED) is 0.773.